The maximum atomic E-state index is 11.9. The summed E-state index contributed by atoms with van der Waals surface area (Å²) < 4.78 is 38.9. The third-order valence-electron chi connectivity index (χ3n) is 1.49. The molecule has 17 heavy (non-hydrogen) atoms. The van der Waals surface area contributed by atoms with E-state index in [2.05, 4.69) is 9.72 Å². The second-order valence-corrected chi connectivity index (χ2v) is 2.64. The van der Waals surface area contributed by atoms with Crippen LogP contribution in [0.2, 0.25) is 0 Å². The molecule has 1 aromatic rings. The standard InChI is InChI=1S/C7H3F3N2O5/c8-7(9,10)17-5-1-4(14)3(2-13)11-6(5)12(15)16/h1-2,14H. The summed E-state index contributed by atoms with van der Waals surface area (Å²) in [5, 5.41) is 19.4. The van der Waals surface area contributed by atoms with Crippen LogP contribution in [-0.2, 0) is 0 Å². The molecule has 1 rings (SSSR count). The van der Waals surface area contributed by atoms with E-state index >= 15 is 0 Å². The summed E-state index contributed by atoms with van der Waals surface area (Å²) in [7, 11) is 0. The summed E-state index contributed by atoms with van der Waals surface area (Å²) in [5.74, 6) is -3.57. The van der Waals surface area contributed by atoms with Gasteiger partial charge in [0.15, 0.2) is 12.0 Å². The second-order valence-electron chi connectivity index (χ2n) is 2.64. The highest BCUT2D eigenvalue weighted by atomic mass is 19.4. The van der Waals surface area contributed by atoms with E-state index in [9.17, 15) is 28.1 Å². The minimum atomic E-state index is -5.18. The summed E-state index contributed by atoms with van der Waals surface area (Å²) >= 11 is 0. The van der Waals surface area contributed by atoms with E-state index in [1.54, 1.807) is 0 Å². The number of nitrogens with zero attached hydrogens (tertiary/aromatic N) is 2. The molecule has 0 aliphatic heterocycles. The highest BCUT2D eigenvalue weighted by Gasteiger charge is 2.36. The lowest BCUT2D eigenvalue weighted by Crippen LogP contribution is -2.18. The van der Waals surface area contributed by atoms with Crippen LogP contribution < -0.4 is 4.74 Å². The van der Waals surface area contributed by atoms with Gasteiger partial charge in [-0.2, -0.15) is 0 Å². The molecular formula is C7H3F3N2O5. The third-order valence-corrected chi connectivity index (χ3v) is 1.49. The number of hydrogen-bond donors (Lipinski definition) is 1. The normalized spacial score (nSPS) is 11.0. The van der Waals surface area contributed by atoms with Crippen molar-refractivity contribution in [1.82, 2.24) is 4.98 Å². The minimum absolute atomic E-state index is 0.0420. The molecule has 0 fully saturated rings. The summed E-state index contributed by atoms with van der Waals surface area (Å²) in [6.45, 7) is 0. The van der Waals surface area contributed by atoms with Crippen molar-refractivity contribution in [2.75, 3.05) is 0 Å². The lowest BCUT2D eigenvalue weighted by Gasteiger charge is -2.08. The molecule has 92 valence electrons. The largest absolute Gasteiger partial charge is 0.573 e. The van der Waals surface area contributed by atoms with Crippen molar-refractivity contribution in [3.05, 3.63) is 21.9 Å². The first-order valence-electron chi connectivity index (χ1n) is 3.84. The lowest BCUT2D eigenvalue weighted by atomic mass is 10.3. The van der Waals surface area contributed by atoms with Gasteiger partial charge in [-0.05, 0) is 9.91 Å². The SMILES string of the molecule is O=Cc1nc([N+](=O)[O-])c(OC(F)(F)F)cc1O. The van der Waals surface area contributed by atoms with Gasteiger partial charge < -0.3 is 20.0 Å². The monoisotopic (exact) mass is 252 g/mol. The number of halogens is 3. The fourth-order valence-electron chi connectivity index (χ4n) is 0.906. The molecule has 1 heterocycles. The summed E-state index contributed by atoms with van der Waals surface area (Å²) in [5.41, 5.74) is -0.758. The first-order valence-corrected chi connectivity index (χ1v) is 3.84. The Labute approximate surface area is 90.6 Å². The van der Waals surface area contributed by atoms with E-state index in [0.29, 0.717) is 6.07 Å². The number of aromatic hydroxyl groups is 1. The molecule has 0 amide bonds. The topological polar surface area (TPSA) is 103 Å². The number of carbonyl (C=O) groups excluding carboxylic acids is 1. The predicted molar refractivity (Wildman–Crippen MR) is 44.6 cm³/mol. The number of pyridine rings is 1. The lowest BCUT2D eigenvalue weighted by molar-refractivity contribution is -0.393. The van der Waals surface area contributed by atoms with Gasteiger partial charge >= 0.3 is 12.2 Å². The van der Waals surface area contributed by atoms with Gasteiger partial charge in [0.1, 0.15) is 0 Å². The van der Waals surface area contributed by atoms with Crippen LogP contribution in [0.4, 0.5) is 19.0 Å². The van der Waals surface area contributed by atoms with E-state index < -0.39 is 34.3 Å². The zero-order chi connectivity index (χ0) is 13.2. The van der Waals surface area contributed by atoms with Crippen LogP contribution in [0.1, 0.15) is 10.5 Å². The number of aromatic nitrogens is 1. The Kier molecular flexibility index (Phi) is 3.16. The quantitative estimate of drug-likeness (QED) is 0.495. The predicted octanol–water partition coefficient (Wildman–Crippen LogP) is 1.41. The van der Waals surface area contributed by atoms with Crippen LogP contribution >= 0.6 is 0 Å². The Balaban J connectivity index is 3.33. The Morgan fingerprint density at radius 3 is 2.53 bits per heavy atom. The number of carbonyl (C=O) groups is 1. The molecule has 0 aliphatic carbocycles. The van der Waals surface area contributed by atoms with Crippen LogP contribution in [0.15, 0.2) is 6.07 Å². The van der Waals surface area contributed by atoms with Crippen molar-refractivity contribution < 1.29 is 32.7 Å². The zero-order valence-electron chi connectivity index (χ0n) is 7.76. The number of nitro groups is 1. The Morgan fingerprint density at radius 2 is 2.12 bits per heavy atom. The molecule has 0 atom stereocenters. The number of aldehydes is 1. The summed E-state index contributed by atoms with van der Waals surface area (Å²) in [6, 6.07) is 0.294. The molecule has 7 nitrogen and oxygen atoms in total. The Bertz CT molecular complexity index is 473. The third kappa shape index (κ3) is 3.03. The molecule has 0 saturated heterocycles. The molecule has 1 aromatic heterocycles. The number of rotatable bonds is 3. The van der Waals surface area contributed by atoms with E-state index in [-0.39, 0.29) is 6.29 Å². The van der Waals surface area contributed by atoms with Crippen molar-refractivity contribution >= 4 is 12.1 Å². The van der Waals surface area contributed by atoms with Gasteiger partial charge in [-0.3, -0.25) is 4.79 Å². The van der Waals surface area contributed by atoms with Gasteiger partial charge in [0.25, 0.3) is 5.69 Å². The number of alkyl halides is 3. The molecule has 0 unspecified atom stereocenters. The van der Waals surface area contributed by atoms with Crippen LogP contribution in [0.3, 0.4) is 0 Å². The highest BCUT2D eigenvalue weighted by Crippen LogP contribution is 2.34. The van der Waals surface area contributed by atoms with Gasteiger partial charge in [-0.25, -0.2) is 0 Å². The van der Waals surface area contributed by atoms with E-state index in [1.807, 2.05) is 0 Å². The van der Waals surface area contributed by atoms with Crippen molar-refractivity contribution in [2.24, 2.45) is 0 Å². The number of ether oxygens (including phenoxy) is 1. The molecule has 0 aromatic carbocycles. The second kappa shape index (κ2) is 4.23. The van der Waals surface area contributed by atoms with Crippen LogP contribution in [0.25, 0.3) is 0 Å². The Morgan fingerprint density at radius 1 is 1.53 bits per heavy atom. The first-order chi connectivity index (χ1) is 7.74. The average molecular weight is 252 g/mol. The van der Waals surface area contributed by atoms with Crippen molar-refractivity contribution in [3.63, 3.8) is 0 Å². The van der Waals surface area contributed by atoms with Gasteiger partial charge in [-0.15, -0.1) is 13.2 Å². The van der Waals surface area contributed by atoms with E-state index in [4.69, 9.17) is 5.11 Å². The molecule has 0 radical (unpaired) electrons. The minimum Gasteiger partial charge on any atom is -0.504 e. The molecule has 0 bridgehead atoms. The number of hydrogen-bond acceptors (Lipinski definition) is 6. The first kappa shape index (κ1) is 12.7. The van der Waals surface area contributed by atoms with E-state index in [1.165, 1.54) is 0 Å². The molecule has 0 aliphatic rings. The molecule has 1 N–H and O–H groups in total. The van der Waals surface area contributed by atoms with E-state index in [0.717, 1.165) is 0 Å². The molecular weight excluding hydrogens is 249 g/mol. The van der Waals surface area contributed by atoms with Crippen LogP contribution in [0.5, 0.6) is 11.5 Å². The smallest absolute Gasteiger partial charge is 0.504 e. The van der Waals surface area contributed by atoms with Crippen molar-refractivity contribution in [3.8, 4) is 11.5 Å². The zero-order valence-corrected chi connectivity index (χ0v) is 7.76. The fraction of sp³-hybridized carbons (Fsp3) is 0.143. The van der Waals surface area contributed by atoms with Crippen LogP contribution in [0, 0.1) is 10.1 Å². The van der Waals surface area contributed by atoms with Gasteiger partial charge in [-0.1, -0.05) is 0 Å². The summed E-state index contributed by atoms with van der Waals surface area (Å²) in [4.78, 5) is 22.3. The highest BCUT2D eigenvalue weighted by molar-refractivity contribution is 5.77. The maximum absolute atomic E-state index is 11.9. The van der Waals surface area contributed by atoms with Crippen molar-refractivity contribution in [1.29, 1.82) is 0 Å². The molecule has 0 spiro atoms. The Hall–Kier alpha value is -2.39. The fourth-order valence-corrected chi connectivity index (χ4v) is 0.906. The van der Waals surface area contributed by atoms with Gasteiger partial charge in [0.05, 0.1) is 0 Å². The van der Waals surface area contributed by atoms with Gasteiger partial charge in [0.2, 0.25) is 5.75 Å². The van der Waals surface area contributed by atoms with Gasteiger partial charge in [0, 0.05) is 6.07 Å². The summed E-state index contributed by atoms with van der Waals surface area (Å²) in [6.07, 6.45) is -5.22. The van der Waals surface area contributed by atoms with Crippen molar-refractivity contribution in [2.45, 2.75) is 6.36 Å². The average Bonchev–Trinajstić information content (AvgIpc) is 2.14. The molecule has 10 heteroatoms. The maximum Gasteiger partial charge on any atom is 0.573 e. The molecule has 0 saturated carbocycles. The van der Waals surface area contributed by atoms with Crippen LogP contribution in [-0.4, -0.2) is 27.7 Å².